The summed E-state index contributed by atoms with van der Waals surface area (Å²) in [5.41, 5.74) is 7.10. The van der Waals surface area contributed by atoms with Crippen molar-refractivity contribution in [1.29, 1.82) is 0 Å². The molecule has 0 aliphatic rings. The third kappa shape index (κ3) is 35.2. The Bertz CT molecular complexity index is 856. The van der Waals surface area contributed by atoms with E-state index < -0.39 is 0 Å². The van der Waals surface area contributed by atoms with Crippen molar-refractivity contribution in [2.45, 2.75) is 277 Å². The first-order chi connectivity index (χ1) is 26.8. The second-order valence-corrected chi connectivity index (χ2v) is 17.1. The third-order valence-electron chi connectivity index (χ3n) is 11.8. The van der Waals surface area contributed by atoms with Crippen molar-refractivity contribution >= 4 is 0 Å². The van der Waals surface area contributed by atoms with Gasteiger partial charge in [0.1, 0.15) is 11.5 Å². The standard InChI is InChI=1S/C51H97NO2/c1-3-5-7-9-11-13-15-17-19-21-23-25-27-29-31-33-35-37-39-41-45-53-50-44-43-49(48-52)51(47-50)54-46-42-40-38-36-34-32-30-28-26-24-22-20-18-16-14-12-10-8-6-4-2/h43-44,47H,3-42,45-46,48,52H2,1-2H3. The highest BCUT2D eigenvalue weighted by Crippen LogP contribution is 2.26. The van der Waals surface area contributed by atoms with Crippen LogP contribution in [0.25, 0.3) is 0 Å². The highest BCUT2D eigenvalue weighted by molar-refractivity contribution is 5.40. The van der Waals surface area contributed by atoms with Gasteiger partial charge in [-0.3, -0.25) is 0 Å². The van der Waals surface area contributed by atoms with Gasteiger partial charge in [-0.15, -0.1) is 0 Å². The summed E-state index contributed by atoms with van der Waals surface area (Å²) in [6.45, 7) is 6.68. The van der Waals surface area contributed by atoms with Crippen LogP contribution in [0.4, 0.5) is 0 Å². The lowest BCUT2D eigenvalue weighted by atomic mass is 10.0. The van der Waals surface area contributed by atoms with Crippen molar-refractivity contribution in [3.8, 4) is 11.5 Å². The molecule has 1 aromatic rings. The molecule has 2 N–H and O–H groups in total. The lowest BCUT2D eigenvalue weighted by molar-refractivity contribution is 0.288. The fraction of sp³-hybridized carbons (Fsp3) is 0.882. The minimum atomic E-state index is 0.508. The van der Waals surface area contributed by atoms with Crippen molar-refractivity contribution in [1.82, 2.24) is 0 Å². The molecule has 0 aliphatic heterocycles. The highest BCUT2D eigenvalue weighted by atomic mass is 16.5. The summed E-state index contributed by atoms with van der Waals surface area (Å²) in [5.74, 6) is 1.83. The van der Waals surface area contributed by atoms with Crippen LogP contribution in [0.5, 0.6) is 11.5 Å². The molecule has 0 aromatic heterocycles. The van der Waals surface area contributed by atoms with Gasteiger partial charge in [0, 0.05) is 18.2 Å². The van der Waals surface area contributed by atoms with Gasteiger partial charge < -0.3 is 15.2 Å². The van der Waals surface area contributed by atoms with E-state index in [4.69, 9.17) is 15.2 Å². The Balaban J connectivity index is 1.89. The molecule has 0 bridgehead atoms. The van der Waals surface area contributed by atoms with Crippen LogP contribution < -0.4 is 15.2 Å². The number of ether oxygens (including phenoxy) is 2. The first-order valence-electron chi connectivity index (χ1n) is 24.9. The van der Waals surface area contributed by atoms with Crippen molar-refractivity contribution in [2.24, 2.45) is 5.73 Å². The normalized spacial score (nSPS) is 11.5. The monoisotopic (exact) mass is 756 g/mol. The van der Waals surface area contributed by atoms with Crippen LogP contribution >= 0.6 is 0 Å². The maximum Gasteiger partial charge on any atom is 0.127 e. The van der Waals surface area contributed by atoms with Gasteiger partial charge in [-0.2, -0.15) is 0 Å². The van der Waals surface area contributed by atoms with Gasteiger partial charge in [-0.25, -0.2) is 0 Å². The topological polar surface area (TPSA) is 44.5 Å². The summed E-state index contributed by atoms with van der Waals surface area (Å²) in [6, 6.07) is 6.21. The average molecular weight is 756 g/mol. The van der Waals surface area contributed by atoms with Crippen LogP contribution in [-0.4, -0.2) is 13.2 Å². The minimum Gasteiger partial charge on any atom is -0.493 e. The van der Waals surface area contributed by atoms with Crippen molar-refractivity contribution in [3.05, 3.63) is 23.8 Å². The molecule has 3 nitrogen and oxygen atoms in total. The van der Waals surface area contributed by atoms with Gasteiger partial charge in [0.15, 0.2) is 0 Å². The molecular weight excluding hydrogens is 659 g/mol. The Morgan fingerprint density at radius 3 is 0.870 bits per heavy atom. The zero-order valence-electron chi connectivity index (χ0n) is 37.0. The first-order valence-corrected chi connectivity index (χ1v) is 24.9. The van der Waals surface area contributed by atoms with Gasteiger partial charge in [0.25, 0.3) is 0 Å². The van der Waals surface area contributed by atoms with Crippen LogP contribution in [0.1, 0.15) is 276 Å². The van der Waals surface area contributed by atoms with Gasteiger partial charge in [0.05, 0.1) is 13.2 Å². The van der Waals surface area contributed by atoms with E-state index in [1.165, 1.54) is 244 Å². The molecule has 0 heterocycles. The van der Waals surface area contributed by atoms with E-state index in [0.717, 1.165) is 43.1 Å². The quantitative estimate of drug-likeness (QED) is 0.0674. The molecule has 318 valence electrons. The number of unbranched alkanes of at least 4 members (excludes halogenated alkanes) is 38. The molecule has 1 rings (SSSR count). The fourth-order valence-corrected chi connectivity index (χ4v) is 8.01. The fourth-order valence-electron chi connectivity index (χ4n) is 8.01. The lowest BCUT2D eigenvalue weighted by Crippen LogP contribution is -2.05. The molecule has 3 heteroatoms. The van der Waals surface area contributed by atoms with E-state index in [-0.39, 0.29) is 0 Å². The smallest absolute Gasteiger partial charge is 0.127 e. The van der Waals surface area contributed by atoms with Gasteiger partial charge in [-0.05, 0) is 18.9 Å². The lowest BCUT2D eigenvalue weighted by Gasteiger charge is -2.13. The zero-order chi connectivity index (χ0) is 38.7. The van der Waals surface area contributed by atoms with E-state index in [0.29, 0.717) is 6.54 Å². The molecule has 0 saturated carbocycles. The van der Waals surface area contributed by atoms with Gasteiger partial charge >= 0.3 is 0 Å². The molecule has 0 unspecified atom stereocenters. The summed E-state index contributed by atoms with van der Waals surface area (Å²) in [7, 11) is 0. The van der Waals surface area contributed by atoms with Gasteiger partial charge in [-0.1, -0.05) is 264 Å². The molecule has 0 saturated heterocycles. The van der Waals surface area contributed by atoms with Crippen LogP contribution in [0.15, 0.2) is 18.2 Å². The van der Waals surface area contributed by atoms with E-state index in [9.17, 15) is 0 Å². The predicted molar refractivity (Wildman–Crippen MR) is 241 cm³/mol. The molecule has 0 atom stereocenters. The first kappa shape index (κ1) is 50.8. The second-order valence-electron chi connectivity index (χ2n) is 17.1. The summed E-state index contributed by atoms with van der Waals surface area (Å²) in [4.78, 5) is 0. The Morgan fingerprint density at radius 1 is 0.333 bits per heavy atom. The zero-order valence-corrected chi connectivity index (χ0v) is 37.0. The number of hydrogen-bond donors (Lipinski definition) is 1. The van der Waals surface area contributed by atoms with E-state index >= 15 is 0 Å². The molecule has 0 spiro atoms. The van der Waals surface area contributed by atoms with Gasteiger partial charge in [0.2, 0.25) is 0 Å². The van der Waals surface area contributed by atoms with Crippen LogP contribution in [-0.2, 0) is 6.54 Å². The highest BCUT2D eigenvalue weighted by Gasteiger charge is 2.06. The minimum absolute atomic E-state index is 0.508. The maximum atomic E-state index is 6.20. The number of benzene rings is 1. The van der Waals surface area contributed by atoms with E-state index in [1.807, 2.05) is 0 Å². The Kier molecular flexibility index (Phi) is 40.4. The number of nitrogens with two attached hydrogens (primary N) is 1. The Morgan fingerprint density at radius 2 is 0.593 bits per heavy atom. The summed E-state index contributed by atoms with van der Waals surface area (Å²) < 4.78 is 12.3. The number of hydrogen-bond acceptors (Lipinski definition) is 3. The Labute approximate surface area is 339 Å². The summed E-state index contributed by atoms with van der Waals surface area (Å²) in [6.07, 6.45) is 56.4. The molecule has 0 fully saturated rings. The van der Waals surface area contributed by atoms with E-state index in [1.54, 1.807) is 0 Å². The number of rotatable bonds is 45. The van der Waals surface area contributed by atoms with E-state index in [2.05, 4.69) is 32.0 Å². The average Bonchev–Trinajstić information content (AvgIpc) is 3.19. The van der Waals surface area contributed by atoms with Crippen molar-refractivity contribution in [2.75, 3.05) is 13.2 Å². The largest absolute Gasteiger partial charge is 0.493 e. The second kappa shape index (κ2) is 42.9. The molecule has 1 aromatic carbocycles. The SMILES string of the molecule is CCCCCCCCCCCCCCCCCCCCCCOc1ccc(CN)c(OCCCCCCCCCCCCCCCCCCCCCC)c1. The summed E-state index contributed by atoms with van der Waals surface area (Å²) in [5, 5.41) is 0. The Hall–Kier alpha value is -1.22. The van der Waals surface area contributed by atoms with Crippen LogP contribution in [0.2, 0.25) is 0 Å². The third-order valence-corrected chi connectivity index (χ3v) is 11.8. The molecule has 54 heavy (non-hydrogen) atoms. The predicted octanol–water partition coefficient (Wildman–Crippen LogP) is 17.5. The molecule has 0 aliphatic carbocycles. The van der Waals surface area contributed by atoms with Crippen LogP contribution in [0.3, 0.4) is 0 Å². The molecule has 0 amide bonds. The summed E-state index contributed by atoms with van der Waals surface area (Å²) >= 11 is 0. The molecular formula is C51H97NO2. The maximum absolute atomic E-state index is 6.20. The van der Waals surface area contributed by atoms with Crippen LogP contribution in [0, 0.1) is 0 Å². The molecule has 0 radical (unpaired) electrons. The van der Waals surface area contributed by atoms with Crippen molar-refractivity contribution < 1.29 is 9.47 Å². The van der Waals surface area contributed by atoms with Crippen molar-refractivity contribution in [3.63, 3.8) is 0 Å².